The Kier molecular flexibility index (Phi) is 4.46. The predicted molar refractivity (Wildman–Crippen MR) is 113 cm³/mol. The van der Waals surface area contributed by atoms with Crippen molar-refractivity contribution in [1.29, 1.82) is 0 Å². The van der Waals surface area contributed by atoms with Crippen LogP contribution < -0.4 is 15.9 Å². The average molecular weight is 446 g/mol. The van der Waals surface area contributed by atoms with Gasteiger partial charge in [0.05, 0.1) is 24.1 Å². The molecule has 3 N–H and O–H groups in total. The van der Waals surface area contributed by atoms with E-state index in [0.29, 0.717) is 22.4 Å². The van der Waals surface area contributed by atoms with Crippen molar-refractivity contribution < 1.29 is 23.4 Å². The van der Waals surface area contributed by atoms with E-state index >= 15 is 0 Å². The molecule has 0 aliphatic heterocycles. The van der Waals surface area contributed by atoms with Crippen LogP contribution in [0, 0.1) is 0 Å². The number of carbonyl (C=O) groups is 1. The summed E-state index contributed by atoms with van der Waals surface area (Å²) in [6.45, 7) is 0. The SMILES string of the molecule is COc1c(-c2cc3c(s2)CCC(F)(F)C3N)ccc2c(=O)c(C(=O)O)cn(C3CC3)c12. The third kappa shape index (κ3) is 3.06. The largest absolute Gasteiger partial charge is 0.494 e. The van der Waals surface area contributed by atoms with Crippen LogP contribution in [0.4, 0.5) is 8.78 Å². The monoisotopic (exact) mass is 446 g/mol. The predicted octanol–water partition coefficient (Wildman–Crippen LogP) is 4.35. The first-order valence-electron chi connectivity index (χ1n) is 9.98. The Balaban J connectivity index is 1.75. The first-order chi connectivity index (χ1) is 14.7. The van der Waals surface area contributed by atoms with Crippen molar-refractivity contribution in [2.24, 2.45) is 5.73 Å². The highest BCUT2D eigenvalue weighted by Crippen LogP contribution is 2.48. The number of aryl methyl sites for hydroxylation is 1. The lowest BCUT2D eigenvalue weighted by Gasteiger charge is -2.28. The summed E-state index contributed by atoms with van der Waals surface area (Å²) in [6.07, 6.45) is 3.11. The van der Waals surface area contributed by atoms with Gasteiger partial charge in [0.2, 0.25) is 5.43 Å². The molecule has 1 atom stereocenters. The molecule has 1 saturated carbocycles. The summed E-state index contributed by atoms with van der Waals surface area (Å²) in [5.74, 6) is -3.79. The summed E-state index contributed by atoms with van der Waals surface area (Å²) in [7, 11) is 1.48. The molecule has 0 radical (unpaired) electrons. The molecule has 5 rings (SSSR count). The minimum Gasteiger partial charge on any atom is -0.494 e. The molecule has 0 bridgehead atoms. The number of nitrogens with two attached hydrogens (primary N) is 1. The molecule has 0 amide bonds. The number of thiophene rings is 1. The molecule has 3 aromatic rings. The van der Waals surface area contributed by atoms with Gasteiger partial charge in [-0.25, -0.2) is 13.6 Å². The van der Waals surface area contributed by atoms with E-state index in [4.69, 9.17) is 10.5 Å². The van der Waals surface area contributed by atoms with E-state index in [1.807, 2.05) is 0 Å². The molecule has 2 aliphatic rings. The molecule has 1 unspecified atom stereocenters. The second kappa shape index (κ2) is 6.86. The number of rotatable bonds is 4. The number of alkyl halides is 2. The van der Waals surface area contributed by atoms with Crippen LogP contribution in [0.5, 0.6) is 5.75 Å². The van der Waals surface area contributed by atoms with Gasteiger partial charge in [-0.1, -0.05) is 0 Å². The minimum absolute atomic E-state index is 0.0917. The van der Waals surface area contributed by atoms with Crippen molar-refractivity contribution >= 4 is 28.2 Å². The summed E-state index contributed by atoms with van der Waals surface area (Å²) in [4.78, 5) is 26.0. The first-order valence-corrected chi connectivity index (χ1v) is 10.8. The van der Waals surface area contributed by atoms with Crippen molar-refractivity contribution in [3.8, 4) is 16.2 Å². The molecule has 6 nitrogen and oxygen atoms in total. The molecule has 9 heteroatoms. The molecular weight excluding hydrogens is 426 g/mol. The van der Waals surface area contributed by atoms with Gasteiger partial charge >= 0.3 is 5.97 Å². The van der Waals surface area contributed by atoms with Gasteiger partial charge in [-0.2, -0.15) is 0 Å². The number of fused-ring (bicyclic) bond motifs is 2. The third-order valence-corrected chi connectivity index (χ3v) is 7.35. The van der Waals surface area contributed by atoms with Crippen LogP contribution in [0.1, 0.15) is 52.1 Å². The quantitative estimate of drug-likeness (QED) is 0.621. The number of hydrogen-bond donors (Lipinski definition) is 2. The number of aromatic nitrogens is 1. The Morgan fingerprint density at radius 1 is 1.35 bits per heavy atom. The summed E-state index contributed by atoms with van der Waals surface area (Å²) >= 11 is 1.40. The maximum Gasteiger partial charge on any atom is 0.341 e. The van der Waals surface area contributed by atoms with Gasteiger partial charge in [0.25, 0.3) is 5.92 Å². The molecular formula is C22H20F2N2O4S. The fourth-order valence-corrected chi connectivity index (χ4v) is 5.54. The van der Waals surface area contributed by atoms with Gasteiger partial charge in [-0.05, 0) is 43.0 Å². The zero-order valence-corrected chi connectivity index (χ0v) is 17.5. The number of ether oxygens (including phenoxy) is 1. The summed E-state index contributed by atoms with van der Waals surface area (Å²) in [6, 6.07) is 3.71. The maximum absolute atomic E-state index is 14.1. The van der Waals surface area contributed by atoms with Crippen molar-refractivity contribution in [2.45, 2.75) is 43.7 Å². The minimum atomic E-state index is -2.95. The Labute approximate surface area is 179 Å². The van der Waals surface area contributed by atoms with E-state index in [1.54, 1.807) is 22.8 Å². The van der Waals surface area contributed by atoms with Gasteiger partial charge in [-0.3, -0.25) is 4.79 Å². The summed E-state index contributed by atoms with van der Waals surface area (Å²) in [5, 5.41) is 9.72. The number of halogens is 2. The van der Waals surface area contributed by atoms with Gasteiger partial charge in [0.15, 0.2) is 5.75 Å². The zero-order chi connectivity index (χ0) is 22.1. The lowest BCUT2D eigenvalue weighted by Crippen LogP contribution is -2.36. The smallest absolute Gasteiger partial charge is 0.341 e. The number of carboxylic acids is 1. The lowest BCUT2D eigenvalue weighted by molar-refractivity contribution is -0.0392. The van der Waals surface area contributed by atoms with E-state index in [-0.39, 0.29) is 29.8 Å². The highest BCUT2D eigenvalue weighted by molar-refractivity contribution is 7.15. The normalized spacial score (nSPS) is 19.9. The molecule has 2 heterocycles. The second-order valence-corrected chi connectivity index (χ2v) is 9.22. The average Bonchev–Trinajstić information content (AvgIpc) is 3.48. The Morgan fingerprint density at radius 2 is 2.10 bits per heavy atom. The van der Waals surface area contributed by atoms with Crippen LogP contribution in [-0.2, 0) is 6.42 Å². The lowest BCUT2D eigenvalue weighted by atomic mass is 9.90. The van der Waals surface area contributed by atoms with Crippen molar-refractivity contribution in [3.63, 3.8) is 0 Å². The number of hydrogen-bond acceptors (Lipinski definition) is 5. The highest BCUT2D eigenvalue weighted by atomic mass is 32.1. The number of carboxylic acid groups (broad SMARTS) is 1. The first kappa shape index (κ1) is 20.1. The number of nitrogens with zero attached hydrogens (tertiary/aromatic N) is 1. The Morgan fingerprint density at radius 3 is 2.74 bits per heavy atom. The van der Waals surface area contributed by atoms with Crippen LogP contribution in [-0.4, -0.2) is 28.7 Å². The third-order valence-electron chi connectivity index (χ3n) is 6.10. The molecule has 31 heavy (non-hydrogen) atoms. The van der Waals surface area contributed by atoms with E-state index < -0.39 is 23.4 Å². The summed E-state index contributed by atoms with van der Waals surface area (Å²) < 4.78 is 35.7. The standard InChI is InChI=1S/C22H20F2N2O4S/c1-30-19-11(16-8-13-15(31-16)6-7-22(23,24)20(13)25)4-5-12-17(19)26(10-2-3-10)9-14(18(12)27)21(28)29/h4-5,8-10,20H,2-3,6-7,25H2,1H3,(H,28,29). The second-order valence-electron chi connectivity index (χ2n) is 8.09. The van der Waals surface area contributed by atoms with E-state index in [0.717, 1.165) is 22.6 Å². The fourth-order valence-electron chi connectivity index (χ4n) is 4.31. The van der Waals surface area contributed by atoms with Gasteiger partial charge in [0.1, 0.15) is 5.56 Å². The molecule has 2 aromatic heterocycles. The number of methoxy groups -OCH3 is 1. The number of aromatic carboxylic acids is 1. The fraction of sp³-hybridized carbons (Fsp3) is 0.364. The van der Waals surface area contributed by atoms with Crippen molar-refractivity contribution in [1.82, 2.24) is 4.57 Å². The van der Waals surface area contributed by atoms with Crippen LogP contribution >= 0.6 is 11.3 Å². The molecule has 1 fully saturated rings. The maximum atomic E-state index is 14.1. The summed E-state index contributed by atoms with van der Waals surface area (Å²) in [5.41, 5.74) is 6.62. The van der Waals surface area contributed by atoms with Crippen LogP contribution in [0.15, 0.2) is 29.2 Å². The van der Waals surface area contributed by atoms with Crippen molar-refractivity contribution in [2.75, 3.05) is 7.11 Å². The molecule has 0 spiro atoms. The van der Waals surface area contributed by atoms with E-state index in [9.17, 15) is 23.5 Å². The Hall–Kier alpha value is -2.78. The van der Waals surface area contributed by atoms with Crippen LogP contribution in [0.25, 0.3) is 21.3 Å². The van der Waals surface area contributed by atoms with E-state index in [1.165, 1.54) is 24.6 Å². The van der Waals surface area contributed by atoms with Crippen LogP contribution in [0.2, 0.25) is 0 Å². The topological polar surface area (TPSA) is 94.6 Å². The molecule has 2 aliphatic carbocycles. The van der Waals surface area contributed by atoms with Crippen LogP contribution in [0.3, 0.4) is 0 Å². The number of benzene rings is 1. The van der Waals surface area contributed by atoms with Gasteiger partial charge in [-0.15, -0.1) is 11.3 Å². The van der Waals surface area contributed by atoms with Gasteiger partial charge in [0, 0.05) is 34.0 Å². The number of pyridine rings is 1. The zero-order valence-electron chi connectivity index (χ0n) is 16.7. The molecule has 1 aromatic carbocycles. The molecule has 162 valence electrons. The molecule has 0 saturated heterocycles. The Bertz CT molecular complexity index is 1290. The van der Waals surface area contributed by atoms with E-state index in [2.05, 4.69) is 0 Å². The highest BCUT2D eigenvalue weighted by Gasteiger charge is 2.43. The van der Waals surface area contributed by atoms with Gasteiger partial charge < -0.3 is 20.1 Å². The van der Waals surface area contributed by atoms with Crippen molar-refractivity contribution in [3.05, 3.63) is 50.6 Å².